The lowest BCUT2D eigenvalue weighted by Gasteiger charge is -2.30. The number of hydrogen-bond acceptors (Lipinski definition) is 2. The number of amides is 2. The highest BCUT2D eigenvalue weighted by Crippen LogP contribution is 2.11. The van der Waals surface area contributed by atoms with E-state index >= 15 is 0 Å². The van der Waals surface area contributed by atoms with E-state index in [-0.39, 0.29) is 11.6 Å². The Morgan fingerprint density at radius 2 is 2.25 bits per heavy atom. The van der Waals surface area contributed by atoms with Gasteiger partial charge in [-0.15, -0.1) is 0 Å². The SMILES string of the molecule is COCC1=CCN(C(=O)NC(C)(C)C)CC1. The summed E-state index contributed by atoms with van der Waals surface area (Å²) in [5.74, 6) is 0. The minimum Gasteiger partial charge on any atom is -0.380 e. The van der Waals surface area contributed by atoms with Crippen LogP contribution in [0.2, 0.25) is 0 Å². The summed E-state index contributed by atoms with van der Waals surface area (Å²) in [5, 5.41) is 2.96. The fraction of sp³-hybridized carbons (Fsp3) is 0.750. The van der Waals surface area contributed by atoms with Crippen molar-refractivity contribution in [2.75, 3.05) is 26.8 Å². The third kappa shape index (κ3) is 4.23. The molecule has 1 N–H and O–H groups in total. The monoisotopic (exact) mass is 226 g/mol. The number of urea groups is 1. The van der Waals surface area contributed by atoms with Crippen LogP contribution in [0, 0.1) is 0 Å². The van der Waals surface area contributed by atoms with Crippen LogP contribution in [0.1, 0.15) is 27.2 Å². The number of ether oxygens (including phenoxy) is 1. The Balaban J connectivity index is 2.44. The van der Waals surface area contributed by atoms with Crippen LogP contribution in [0.5, 0.6) is 0 Å². The quantitative estimate of drug-likeness (QED) is 0.729. The van der Waals surface area contributed by atoms with Gasteiger partial charge in [0.15, 0.2) is 0 Å². The minimum atomic E-state index is -0.173. The third-order valence-corrected chi connectivity index (χ3v) is 2.40. The minimum absolute atomic E-state index is 0.0141. The van der Waals surface area contributed by atoms with Crippen molar-refractivity contribution in [2.24, 2.45) is 0 Å². The van der Waals surface area contributed by atoms with Crippen molar-refractivity contribution in [3.05, 3.63) is 11.6 Å². The summed E-state index contributed by atoms with van der Waals surface area (Å²) >= 11 is 0. The number of rotatable bonds is 2. The molecule has 0 aromatic rings. The van der Waals surface area contributed by atoms with Crippen LogP contribution < -0.4 is 5.32 Å². The van der Waals surface area contributed by atoms with Crippen molar-refractivity contribution < 1.29 is 9.53 Å². The lowest BCUT2D eigenvalue weighted by atomic mass is 10.1. The highest BCUT2D eigenvalue weighted by molar-refractivity contribution is 5.75. The fourth-order valence-corrected chi connectivity index (χ4v) is 1.61. The Morgan fingerprint density at radius 3 is 2.69 bits per heavy atom. The van der Waals surface area contributed by atoms with Crippen LogP contribution in [0.15, 0.2) is 11.6 Å². The van der Waals surface area contributed by atoms with Gasteiger partial charge in [0.25, 0.3) is 0 Å². The second-order valence-corrected chi connectivity index (χ2v) is 5.17. The zero-order valence-corrected chi connectivity index (χ0v) is 10.7. The Kier molecular flexibility index (Phi) is 4.35. The highest BCUT2D eigenvalue weighted by Gasteiger charge is 2.21. The van der Waals surface area contributed by atoms with Gasteiger partial charge in [-0.3, -0.25) is 0 Å². The van der Waals surface area contributed by atoms with E-state index in [1.54, 1.807) is 7.11 Å². The van der Waals surface area contributed by atoms with Crippen LogP contribution in [-0.4, -0.2) is 43.3 Å². The first-order valence-electron chi connectivity index (χ1n) is 5.66. The predicted octanol–water partition coefficient (Wildman–Crippen LogP) is 1.77. The number of carbonyl (C=O) groups is 1. The highest BCUT2D eigenvalue weighted by atomic mass is 16.5. The van der Waals surface area contributed by atoms with Crippen LogP contribution in [0.4, 0.5) is 4.79 Å². The van der Waals surface area contributed by atoms with Gasteiger partial charge in [0.1, 0.15) is 0 Å². The molecule has 0 aromatic carbocycles. The normalized spacial score (nSPS) is 17.0. The standard InChI is InChI=1S/C12H22N2O2/c1-12(2,3)13-11(15)14-7-5-10(6-8-14)9-16-4/h5H,6-9H2,1-4H3,(H,13,15). The smallest absolute Gasteiger partial charge is 0.318 e. The molecule has 0 aromatic heterocycles. The van der Waals surface area contributed by atoms with Gasteiger partial charge in [0.2, 0.25) is 0 Å². The molecule has 1 aliphatic rings. The van der Waals surface area contributed by atoms with E-state index in [0.717, 1.165) is 13.0 Å². The predicted molar refractivity (Wildman–Crippen MR) is 64.4 cm³/mol. The van der Waals surface area contributed by atoms with Gasteiger partial charge in [0.05, 0.1) is 6.61 Å². The Hall–Kier alpha value is -1.03. The first-order chi connectivity index (χ1) is 7.42. The lowest BCUT2D eigenvalue weighted by molar-refractivity contribution is 0.186. The number of carbonyl (C=O) groups excluding carboxylic acids is 1. The van der Waals surface area contributed by atoms with Crippen molar-refractivity contribution in [2.45, 2.75) is 32.7 Å². The van der Waals surface area contributed by atoms with Gasteiger partial charge in [-0.05, 0) is 32.8 Å². The zero-order chi connectivity index (χ0) is 12.2. The molecule has 1 rings (SSSR count). The second kappa shape index (κ2) is 5.34. The van der Waals surface area contributed by atoms with Crippen molar-refractivity contribution in [1.29, 1.82) is 0 Å². The lowest BCUT2D eigenvalue weighted by Crippen LogP contribution is -2.49. The molecule has 16 heavy (non-hydrogen) atoms. The van der Waals surface area contributed by atoms with Crippen molar-refractivity contribution in [3.8, 4) is 0 Å². The summed E-state index contributed by atoms with van der Waals surface area (Å²) in [4.78, 5) is 13.7. The summed E-state index contributed by atoms with van der Waals surface area (Å²) in [7, 11) is 1.69. The van der Waals surface area contributed by atoms with E-state index in [2.05, 4.69) is 11.4 Å². The van der Waals surface area contributed by atoms with Gasteiger partial charge in [-0.1, -0.05) is 6.08 Å². The first kappa shape index (κ1) is 13.0. The molecule has 0 radical (unpaired) electrons. The number of methoxy groups -OCH3 is 1. The summed E-state index contributed by atoms with van der Waals surface area (Å²) < 4.78 is 5.07. The Morgan fingerprint density at radius 1 is 1.56 bits per heavy atom. The van der Waals surface area contributed by atoms with Crippen LogP contribution in [0.3, 0.4) is 0 Å². The number of hydrogen-bond donors (Lipinski definition) is 1. The van der Waals surface area contributed by atoms with E-state index in [1.165, 1.54) is 5.57 Å². The topological polar surface area (TPSA) is 41.6 Å². The summed E-state index contributed by atoms with van der Waals surface area (Å²) in [6, 6.07) is 0.0141. The van der Waals surface area contributed by atoms with Gasteiger partial charge in [0, 0.05) is 25.7 Å². The van der Waals surface area contributed by atoms with E-state index in [4.69, 9.17) is 4.74 Å². The first-order valence-corrected chi connectivity index (χ1v) is 5.66. The molecular formula is C12H22N2O2. The maximum absolute atomic E-state index is 11.8. The van der Waals surface area contributed by atoms with Gasteiger partial charge >= 0.3 is 6.03 Å². The molecule has 0 fully saturated rings. The molecule has 0 saturated heterocycles. The molecule has 0 atom stereocenters. The Labute approximate surface area is 97.6 Å². The van der Waals surface area contributed by atoms with Crippen LogP contribution in [0.25, 0.3) is 0 Å². The second-order valence-electron chi connectivity index (χ2n) is 5.17. The third-order valence-electron chi connectivity index (χ3n) is 2.40. The Bertz CT molecular complexity index is 279. The van der Waals surface area contributed by atoms with E-state index < -0.39 is 0 Å². The zero-order valence-electron chi connectivity index (χ0n) is 10.7. The van der Waals surface area contributed by atoms with Gasteiger partial charge in [-0.25, -0.2) is 4.79 Å². The van der Waals surface area contributed by atoms with Gasteiger partial charge < -0.3 is 15.0 Å². The molecule has 2 amide bonds. The largest absolute Gasteiger partial charge is 0.380 e. The average Bonchev–Trinajstić information content (AvgIpc) is 2.16. The summed E-state index contributed by atoms with van der Waals surface area (Å²) in [6.45, 7) is 8.09. The van der Waals surface area contributed by atoms with Crippen molar-refractivity contribution >= 4 is 6.03 Å². The van der Waals surface area contributed by atoms with E-state index in [0.29, 0.717) is 13.2 Å². The summed E-state index contributed by atoms with van der Waals surface area (Å²) in [6.07, 6.45) is 2.99. The molecule has 0 unspecified atom stereocenters. The molecular weight excluding hydrogens is 204 g/mol. The molecule has 0 saturated carbocycles. The molecule has 1 aliphatic heterocycles. The molecule has 4 nitrogen and oxygen atoms in total. The number of nitrogens with zero attached hydrogens (tertiary/aromatic N) is 1. The molecule has 0 aliphatic carbocycles. The molecule has 0 bridgehead atoms. The molecule has 4 heteroatoms. The maximum Gasteiger partial charge on any atom is 0.318 e. The number of nitrogens with one attached hydrogen (secondary N) is 1. The van der Waals surface area contributed by atoms with Gasteiger partial charge in [-0.2, -0.15) is 0 Å². The fourth-order valence-electron chi connectivity index (χ4n) is 1.61. The summed E-state index contributed by atoms with van der Waals surface area (Å²) in [5.41, 5.74) is 1.11. The van der Waals surface area contributed by atoms with Crippen LogP contribution in [-0.2, 0) is 4.74 Å². The maximum atomic E-state index is 11.8. The van der Waals surface area contributed by atoms with Crippen LogP contribution >= 0.6 is 0 Å². The van der Waals surface area contributed by atoms with Crippen molar-refractivity contribution in [1.82, 2.24) is 10.2 Å². The van der Waals surface area contributed by atoms with E-state index in [9.17, 15) is 4.79 Å². The molecule has 1 heterocycles. The molecule has 92 valence electrons. The molecule has 0 spiro atoms. The van der Waals surface area contributed by atoms with E-state index in [1.807, 2.05) is 25.7 Å². The van der Waals surface area contributed by atoms with Crippen molar-refractivity contribution in [3.63, 3.8) is 0 Å². The average molecular weight is 226 g/mol.